The van der Waals surface area contributed by atoms with E-state index >= 15 is 0 Å². The molecule has 0 N–H and O–H groups in total. The average molecular weight is 440 g/mol. The second-order valence-corrected chi connectivity index (χ2v) is 8.77. The Morgan fingerprint density at radius 1 is 1.10 bits per heavy atom. The topological polar surface area (TPSA) is 53.1 Å². The number of carbonyl (C=O) groups excluding carboxylic acids is 2. The number of hydrogen-bond donors (Lipinski definition) is 0. The zero-order valence-electron chi connectivity index (χ0n) is 17.7. The number of anilines is 1. The molecule has 8 heteroatoms. The lowest BCUT2D eigenvalue weighted by molar-refractivity contribution is -0.139. The molecule has 0 aromatic heterocycles. The maximum Gasteiger partial charge on any atom is 0.235 e. The Labute approximate surface area is 183 Å². The summed E-state index contributed by atoms with van der Waals surface area (Å²) in [5.41, 5.74) is 0.491. The van der Waals surface area contributed by atoms with Crippen LogP contribution in [0.15, 0.2) is 18.2 Å². The Hall–Kier alpha value is -1.86. The van der Waals surface area contributed by atoms with Gasteiger partial charge in [-0.2, -0.15) is 0 Å². The summed E-state index contributed by atoms with van der Waals surface area (Å²) in [5.74, 6) is 0.513. The molecule has 1 aromatic rings. The number of halogens is 2. The number of carbonyl (C=O) groups is 2. The molecule has 1 aliphatic carbocycles. The van der Waals surface area contributed by atoms with E-state index in [1.165, 1.54) is 11.0 Å². The van der Waals surface area contributed by atoms with Crippen molar-refractivity contribution < 1.29 is 18.7 Å². The highest BCUT2D eigenvalue weighted by atomic mass is 35.5. The van der Waals surface area contributed by atoms with Crippen molar-refractivity contribution in [1.82, 2.24) is 9.80 Å². The molecule has 2 heterocycles. The molecule has 3 aliphatic rings. The van der Waals surface area contributed by atoms with Crippen molar-refractivity contribution in [2.45, 2.75) is 45.6 Å². The first-order chi connectivity index (χ1) is 13.9. The number of ether oxygens (including phenoxy) is 1. The van der Waals surface area contributed by atoms with Crippen LogP contribution in [-0.4, -0.2) is 67.0 Å². The smallest absolute Gasteiger partial charge is 0.235 e. The molecule has 1 aromatic carbocycles. The first-order valence-corrected chi connectivity index (χ1v) is 10.7. The lowest BCUT2D eigenvalue weighted by atomic mass is 10.1. The van der Waals surface area contributed by atoms with Crippen LogP contribution in [0, 0.1) is 11.2 Å². The second-order valence-electron chi connectivity index (χ2n) is 8.77. The van der Waals surface area contributed by atoms with Crippen LogP contribution in [0.1, 0.15) is 39.5 Å². The van der Waals surface area contributed by atoms with E-state index in [1.807, 2.05) is 13.8 Å². The zero-order valence-corrected chi connectivity index (χ0v) is 18.5. The van der Waals surface area contributed by atoms with E-state index in [9.17, 15) is 14.0 Å². The first kappa shape index (κ1) is 22.8. The quantitative estimate of drug-likeness (QED) is 0.611. The van der Waals surface area contributed by atoms with Gasteiger partial charge in [0, 0.05) is 45.2 Å². The van der Waals surface area contributed by atoms with E-state index in [-0.39, 0.29) is 41.6 Å². The molecule has 1 spiro atoms. The summed E-state index contributed by atoms with van der Waals surface area (Å²) in [6.07, 6.45) is 3.00. The van der Waals surface area contributed by atoms with Crippen molar-refractivity contribution >= 4 is 29.9 Å². The molecule has 2 saturated heterocycles. The SMILES string of the molecule is CC(C)Oc1ccc(F)cc1N1CCN(CCCN2C(=O)CC3(CC3)C2=O)CC1.Cl. The third-order valence-corrected chi connectivity index (χ3v) is 6.20. The van der Waals surface area contributed by atoms with Crippen LogP contribution >= 0.6 is 12.4 Å². The molecule has 2 aliphatic heterocycles. The van der Waals surface area contributed by atoms with Gasteiger partial charge in [0.2, 0.25) is 11.8 Å². The fourth-order valence-corrected chi connectivity index (χ4v) is 4.38. The average Bonchev–Trinajstić information content (AvgIpc) is 3.42. The second kappa shape index (κ2) is 9.10. The van der Waals surface area contributed by atoms with Gasteiger partial charge < -0.3 is 9.64 Å². The zero-order chi connectivity index (χ0) is 20.6. The Morgan fingerprint density at radius 2 is 1.80 bits per heavy atom. The van der Waals surface area contributed by atoms with Crippen LogP contribution in [0.3, 0.4) is 0 Å². The number of nitrogens with zero attached hydrogens (tertiary/aromatic N) is 3. The summed E-state index contributed by atoms with van der Waals surface area (Å²) in [7, 11) is 0. The highest BCUT2D eigenvalue weighted by molar-refractivity contribution is 6.07. The van der Waals surface area contributed by atoms with E-state index in [2.05, 4.69) is 9.80 Å². The van der Waals surface area contributed by atoms with Crippen molar-refractivity contribution in [2.24, 2.45) is 5.41 Å². The standard InChI is InChI=1S/C22H30FN3O3.ClH/c1-16(2)29-19-5-4-17(23)14-18(19)25-12-10-24(11-13-25)8-3-9-26-20(27)15-22(6-7-22)21(26)28;/h4-5,14,16H,3,6-13,15H2,1-2H3;1H. The lowest BCUT2D eigenvalue weighted by Gasteiger charge is -2.37. The van der Waals surface area contributed by atoms with Gasteiger partial charge in [0.1, 0.15) is 11.6 Å². The summed E-state index contributed by atoms with van der Waals surface area (Å²) in [6.45, 7) is 8.63. The van der Waals surface area contributed by atoms with Gasteiger partial charge in [0.25, 0.3) is 0 Å². The number of likely N-dealkylation sites (tertiary alicyclic amines) is 1. The van der Waals surface area contributed by atoms with E-state index in [4.69, 9.17) is 4.74 Å². The molecule has 3 fully saturated rings. The van der Waals surface area contributed by atoms with Crippen molar-refractivity contribution in [3.8, 4) is 5.75 Å². The molecule has 0 unspecified atom stereocenters. The van der Waals surface area contributed by atoms with Crippen LogP contribution in [0.25, 0.3) is 0 Å². The summed E-state index contributed by atoms with van der Waals surface area (Å²) in [6, 6.07) is 4.68. The Kier molecular flexibility index (Phi) is 6.92. The van der Waals surface area contributed by atoms with Crippen molar-refractivity contribution in [1.29, 1.82) is 0 Å². The third kappa shape index (κ3) is 4.72. The fraction of sp³-hybridized carbons (Fsp3) is 0.636. The van der Waals surface area contributed by atoms with Crippen LogP contribution in [0.4, 0.5) is 10.1 Å². The van der Waals surface area contributed by atoms with E-state index in [0.29, 0.717) is 13.0 Å². The number of amides is 2. The number of benzene rings is 1. The normalized spacial score (nSPS) is 20.8. The van der Waals surface area contributed by atoms with Gasteiger partial charge in [-0.05, 0) is 51.8 Å². The molecule has 0 bridgehead atoms. The van der Waals surface area contributed by atoms with E-state index in [1.54, 1.807) is 12.1 Å². The number of piperazine rings is 1. The van der Waals surface area contributed by atoms with Gasteiger partial charge in [-0.3, -0.25) is 19.4 Å². The van der Waals surface area contributed by atoms with Crippen LogP contribution in [0.2, 0.25) is 0 Å². The Balaban J connectivity index is 0.00000256. The summed E-state index contributed by atoms with van der Waals surface area (Å²) in [4.78, 5) is 30.5. The molecule has 4 rings (SSSR count). The van der Waals surface area contributed by atoms with Crippen LogP contribution in [0.5, 0.6) is 5.75 Å². The molecule has 0 atom stereocenters. The molecule has 30 heavy (non-hydrogen) atoms. The first-order valence-electron chi connectivity index (χ1n) is 10.7. The van der Waals surface area contributed by atoms with E-state index < -0.39 is 0 Å². The predicted molar refractivity (Wildman–Crippen MR) is 116 cm³/mol. The van der Waals surface area contributed by atoms with Gasteiger partial charge in [-0.25, -0.2) is 4.39 Å². The van der Waals surface area contributed by atoms with Gasteiger partial charge >= 0.3 is 0 Å². The minimum atomic E-state index is -0.316. The van der Waals surface area contributed by atoms with Gasteiger partial charge in [0.05, 0.1) is 17.2 Å². The number of hydrogen-bond acceptors (Lipinski definition) is 5. The summed E-state index contributed by atoms with van der Waals surface area (Å²) >= 11 is 0. The predicted octanol–water partition coefficient (Wildman–Crippen LogP) is 3.09. The molecule has 0 radical (unpaired) electrons. The molecular formula is C22H31ClFN3O3. The van der Waals surface area contributed by atoms with Crippen molar-refractivity contribution in [3.05, 3.63) is 24.0 Å². The molecule has 2 amide bonds. The Morgan fingerprint density at radius 3 is 2.40 bits per heavy atom. The van der Waals surface area contributed by atoms with Gasteiger partial charge in [-0.15, -0.1) is 12.4 Å². The third-order valence-electron chi connectivity index (χ3n) is 6.20. The highest BCUT2D eigenvalue weighted by Gasteiger charge is 2.59. The van der Waals surface area contributed by atoms with Gasteiger partial charge in [0.15, 0.2) is 0 Å². The Bertz CT molecular complexity index is 792. The highest BCUT2D eigenvalue weighted by Crippen LogP contribution is 2.54. The summed E-state index contributed by atoms with van der Waals surface area (Å²) < 4.78 is 19.7. The molecular weight excluding hydrogens is 409 g/mol. The van der Waals surface area contributed by atoms with E-state index in [0.717, 1.165) is 63.4 Å². The largest absolute Gasteiger partial charge is 0.489 e. The van der Waals surface area contributed by atoms with Crippen molar-refractivity contribution in [2.75, 3.05) is 44.2 Å². The summed E-state index contributed by atoms with van der Waals surface area (Å²) in [5, 5.41) is 0. The number of imide groups is 1. The fourth-order valence-electron chi connectivity index (χ4n) is 4.38. The van der Waals surface area contributed by atoms with Gasteiger partial charge in [-0.1, -0.05) is 0 Å². The lowest BCUT2D eigenvalue weighted by Crippen LogP contribution is -2.47. The minimum Gasteiger partial charge on any atom is -0.489 e. The molecule has 166 valence electrons. The number of rotatable bonds is 7. The maximum absolute atomic E-state index is 13.8. The monoisotopic (exact) mass is 439 g/mol. The molecule has 1 saturated carbocycles. The van der Waals surface area contributed by atoms with Crippen LogP contribution in [-0.2, 0) is 9.59 Å². The van der Waals surface area contributed by atoms with Crippen LogP contribution < -0.4 is 9.64 Å². The maximum atomic E-state index is 13.8. The van der Waals surface area contributed by atoms with Crippen molar-refractivity contribution in [3.63, 3.8) is 0 Å². The minimum absolute atomic E-state index is 0. The molecule has 6 nitrogen and oxygen atoms in total.